The summed E-state index contributed by atoms with van der Waals surface area (Å²) >= 11 is 0. The van der Waals surface area contributed by atoms with Gasteiger partial charge in [0.15, 0.2) is 0 Å². The van der Waals surface area contributed by atoms with Crippen molar-refractivity contribution < 1.29 is 14.3 Å². The van der Waals surface area contributed by atoms with Gasteiger partial charge in [-0.2, -0.15) is 0 Å². The van der Waals surface area contributed by atoms with Gasteiger partial charge < -0.3 is 10.1 Å². The van der Waals surface area contributed by atoms with Crippen LogP contribution in [0, 0.1) is 0 Å². The Bertz CT molecular complexity index is 331. The average Bonchev–Trinajstić information content (AvgIpc) is 2.87. The van der Waals surface area contributed by atoms with Crippen molar-refractivity contribution in [3.63, 3.8) is 0 Å². The van der Waals surface area contributed by atoms with Gasteiger partial charge in [0.25, 0.3) is 0 Å². The maximum atomic E-state index is 11.7. The van der Waals surface area contributed by atoms with E-state index in [2.05, 4.69) is 16.8 Å². The third-order valence-electron chi connectivity index (χ3n) is 3.48. The molecule has 1 rings (SSSR count). The fourth-order valence-electron chi connectivity index (χ4n) is 2.31. The number of ether oxygens (including phenoxy) is 1. The zero-order chi connectivity index (χ0) is 14.8. The van der Waals surface area contributed by atoms with Gasteiger partial charge in [-0.3, -0.25) is 14.5 Å². The fraction of sp³-hybridized carbons (Fsp3) is 0.733. The van der Waals surface area contributed by atoms with E-state index in [1.54, 1.807) is 6.92 Å². The number of ketones is 1. The summed E-state index contributed by atoms with van der Waals surface area (Å²) in [6.45, 7) is 8.60. The third kappa shape index (κ3) is 6.82. The first-order chi connectivity index (χ1) is 9.63. The molecule has 0 aromatic carbocycles. The quantitative estimate of drug-likeness (QED) is 0.482. The summed E-state index contributed by atoms with van der Waals surface area (Å²) < 4.78 is 5.25. The number of likely N-dealkylation sites (tertiary alicyclic amines) is 1. The number of amides is 1. The predicted octanol–water partition coefficient (Wildman–Crippen LogP) is 1.14. The maximum absolute atomic E-state index is 11.7. The normalized spacial score (nSPS) is 18.9. The SMILES string of the molecule is C=C[C@@H]1CCCN1CCC(=O)NCCOCCC(C)=O. The molecule has 1 saturated heterocycles. The highest BCUT2D eigenvalue weighted by Gasteiger charge is 2.21. The third-order valence-corrected chi connectivity index (χ3v) is 3.48. The lowest BCUT2D eigenvalue weighted by Gasteiger charge is -2.20. The van der Waals surface area contributed by atoms with Crippen LogP contribution in [0.4, 0.5) is 0 Å². The molecule has 114 valence electrons. The summed E-state index contributed by atoms with van der Waals surface area (Å²) in [7, 11) is 0. The summed E-state index contributed by atoms with van der Waals surface area (Å²) in [5.74, 6) is 0.173. The molecule has 5 nitrogen and oxygen atoms in total. The van der Waals surface area contributed by atoms with Crippen molar-refractivity contribution in [3.05, 3.63) is 12.7 Å². The van der Waals surface area contributed by atoms with Crippen LogP contribution < -0.4 is 5.32 Å². The van der Waals surface area contributed by atoms with Crippen molar-refractivity contribution >= 4 is 11.7 Å². The van der Waals surface area contributed by atoms with Gasteiger partial charge in [0, 0.05) is 32.0 Å². The number of Topliss-reactive ketones (excluding diaryl/α,β-unsaturated/α-hetero) is 1. The lowest BCUT2D eigenvalue weighted by atomic mass is 10.2. The Kier molecular flexibility index (Phi) is 8.14. The molecule has 0 spiro atoms. The molecule has 1 aliphatic rings. The first-order valence-electron chi connectivity index (χ1n) is 7.34. The van der Waals surface area contributed by atoms with Crippen LogP contribution in [-0.4, -0.2) is 55.5 Å². The monoisotopic (exact) mass is 282 g/mol. The zero-order valence-electron chi connectivity index (χ0n) is 12.4. The van der Waals surface area contributed by atoms with Crippen LogP contribution in [-0.2, 0) is 14.3 Å². The molecular formula is C15H26N2O3. The van der Waals surface area contributed by atoms with E-state index in [9.17, 15) is 9.59 Å². The molecule has 1 amide bonds. The molecule has 0 aliphatic carbocycles. The van der Waals surface area contributed by atoms with Crippen molar-refractivity contribution in [2.75, 3.05) is 32.8 Å². The minimum atomic E-state index is 0.0508. The van der Waals surface area contributed by atoms with Crippen LogP contribution >= 0.6 is 0 Å². The molecule has 5 heteroatoms. The van der Waals surface area contributed by atoms with E-state index in [1.165, 1.54) is 6.42 Å². The van der Waals surface area contributed by atoms with Gasteiger partial charge in [0.05, 0.1) is 13.2 Å². The highest BCUT2D eigenvalue weighted by Crippen LogP contribution is 2.17. The Morgan fingerprint density at radius 1 is 1.40 bits per heavy atom. The molecule has 0 aromatic heterocycles. The van der Waals surface area contributed by atoms with Crippen molar-refractivity contribution in [3.8, 4) is 0 Å². The number of hydrogen-bond donors (Lipinski definition) is 1. The summed E-state index contributed by atoms with van der Waals surface area (Å²) in [4.78, 5) is 24.6. The molecule has 0 radical (unpaired) electrons. The minimum Gasteiger partial charge on any atom is -0.379 e. The van der Waals surface area contributed by atoms with Crippen LogP contribution in [0.1, 0.15) is 32.6 Å². The lowest BCUT2D eigenvalue weighted by molar-refractivity contribution is -0.122. The molecule has 20 heavy (non-hydrogen) atoms. The molecule has 1 aliphatic heterocycles. The number of nitrogens with zero attached hydrogens (tertiary/aromatic N) is 1. The second-order valence-electron chi connectivity index (χ2n) is 5.15. The highest BCUT2D eigenvalue weighted by atomic mass is 16.5. The number of nitrogens with one attached hydrogen (secondary N) is 1. The Morgan fingerprint density at radius 2 is 2.20 bits per heavy atom. The standard InChI is InChI=1S/C15H26N2O3/c1-3-14-5-4-9-17(14)10-6-15(19)16-8-12-20-11-7-13(2)18/h3,14H,1,4-12H2,2H3,(H,16,19)/t14-/m1/s1. The molecule has 0 unspecified atom stereocenters. The highest BCUT2D eigenvalue weighted by molar-refractivity contribution is 5.76. The van der Waals surface area contributed by atoms with Crippen LogP contribution in [0.2, 0.25) is 0 Å². The molecular weight excluding hydrogens is 256 g/mol. The summed E-state index contributed by atoms with van der Waals surface area (Å²) in [6.07, 6.45) is 5.24. The van der Waals surface area contributed by atoms with Crippen LogP contribution in [0.3, 0.4) is 0 Å². The number of carbonyl (C=O) groups is 2. The average molecular weight is 282 g/mol. The zero-order valence-corrected chi connectivity index (χ0v) is 12.4. The van der Waals surface area contributed by atoms with Gasteiger partial charge in [-0.25, -0.2) is 0 Å². The summed E-state index contributed by atoms with van der Waals surface area (Å²) in [6, 6.07) is 0.428. The van der Waals surface area contributed by atoms with Crippen molar-refractivity contribution in [1.29, 1.82) is 0 Å². The van der Waals surface area contributed by atoms with Gasteiger partial charge in [-0.05, 0) is 26.3 Å². The van der Waals surface area contributed by atoms with Gasteiger partial charge >= 0.3 is 0 Å². The topological polar surface area (TPSA) is 58.6 Å². The predicted molar refractivity (Wildman–Crippen MR) is 78.5 cm³/mol. The van der Waals surface area contributed by atoms with Crippen LogP contribution in [0.5, 0.6) is 0 Å². The van der Waals surface area contributed by atoms with E-state index in [1.807, 2.05) is 6.08 Å². The molecule has 0 bridgehead atoms. The lowest BCUT2D eigenvalue weighted by Crippen LogP contribution is -2.34. The molecule has 0 aromatic rings. The smallest absolute Gasteiger partial charge is 0.221 e. The molecule has 1 N–H and O–H groups in total. The van der Waals surface area contributed by atoms with E-state index < -0.39 is 0 Å². The van der Waals surface area contributed by atoms with Crippen molar-refractivity contribution in [2.24, 2.45) is 0 Å². The first-order valence-corrected chi connectivity index (χ1v) is 7.34. The van der Waals surface area contributed by atoms with Gasteiger partial charge in [-0.1, -0.05) is 6.08 Å². The fourth-order valence-corrected chi connectivity index (χ4v) is 2.31. The van der Waals surface area contributed by atoms with Crippen LogP contribution in [0.15, 0.2) is 12.7 Å². The molecule has 1 fully saturated rings. The van der Waals surface area contributed by atoms with E-state index in [0.29, 0.717) is 38.6 Å². The maximum Gasteiger partial charge on any atom is 0.221 e. The van der Waals surface area contributed by atoms with Gasteiger partial charge in [0.2, 0.25) is 5.91 Å². The second-order valence-corrected chi connectivity index (χ2v) is 5.15. The van der Waals surface area contributed by atoms with Gasteiger partial charge in [0.1, 0.15) is 5.78 Å². The van der Waals surface area contributed by atoms with Crippen molar-refractivity contribution in [1.82, 2.24) is 10.2 Å². The second kappa shape index (κ2) is 9.66. The molecule has 1 atom stereocenters. The van der Waals surface area contributed by atoms with Gasteiger partial charge in [-0.15, -0.1) is 6.58 Å². The van der Waals surface area contributed by atoms with Crippen molar-refractivity contribution in [2.45, 2.75) is 38.6 Å². The Labute approximate surface area is 121 Å². The molecule has 1 heterocycles. The van der Waals surface area contributed by atoms with E-state index in [0.717, 1.165) is 19.5 Å². The summed E-state index contributed by atoms with van der Waals surface area (Å²) in [5.41, 5.74) is 0. The number of hydrogen-bond acceptors (Lipinski definition) is 4. The van der Waals surface area contributed by atoms with E-state index >= 15 is 0 Å². The Hall–Kier alpha value is -1.20. The summed E-state index contributed by atoms with van der Waals surface area (Å²) in [5, 5.41) is 2.83. The minimum absolute atomic E-state index is 0.0508. The number of carbonyl (C=O) groups excluding carboxylic acids is 2. The largest absolute Gasteiger partial charge is 0.379 e. The van der Waals surface area contributed by atoms with E-state index in [-0.39, 0.29) is 11.7 Å². The van der Waals surface area contributed by atoms with E-state index in [4.69, 9.17) is 4.74 Å². The number of rotatable bonds is 10. The Morgan fingerprint density at radius 3 is 2.90 bits per heavy atom. The first kappa shape index (κ1) is 16.9. The van der Waals surface area contributed by atoms with Crippen LogP contribution in [0.25, 0.3) is 0 Å². The molecule has 0 saturated carbocycles. The Balaban J connectivity index is 2.00.